The summed E-state index contributed by atoms with van der Waals surface area (Å²) in [6.07, 6.45) is 3.86. The Bertz CT molecular complexity index is 1250. The fourth-order valence-electron chi connectivity index (χ4n) is 3.34. The second-order valence-electron chi connectivity index (χ2n) is 7.65. The fraction of sp³-hybridized carbons (Fsp3) is 0.208. The van der Waals surface area contributed by atoms with Crippen molar-refractivity contribution in [3.63, 3.8) is 0 Å². The monoisotopic (exact) mass is 448 g/mol. The molecule has 0 saturated carbocycles. The molecule has 0 spiro atoms. The molecule has 1 atom stereocenters. The lowest BCUT2D eigenvalue weighted by Crippen LogP contribution is -2.47. The average molecular weight is 449 g/mol. The van der Waals surface area contributed by atoms with Gasteiger partial charge >= 0.3 is 0 Å². The zero-order chi connectivity index (χ0) is 22.7. The van der Waals surface area contributed by atoms with Gasteiger partial charge in [0, 0.05) is 18.0 Å². The number of methoxy groups -OCH3 is 1. The first-order chi connectivity index (χ1) is 15.5. The van der Waals surface area contributed by atoms with Gasteiger partial charge in [0.15, 0.2) is 5.13 Å². The smallest absolute Gasteiger partial charge is 0.251 e. The van der Waals surface area contributed by atoms with E-state index in [1.54, 1.807) is 25.3 Å². The highest BCUT2D eigenvalue weighted by Gasteiger charge is 2.25. The van der Waals surface area contributed by atoms with Crippen LogP contribution in [-0.4, -0.2) is 34.5 Å². The Hall–Kier alpha value is -3.65. The van der Waals surface area contributed by atoms with Crippen molar-refractivity contribution in [3.05, 3.63) is 72.6 Å². The molecule has 2 amide bonds. The van der Waals surface area contributed by atoms with Crippen LogP contribution in [0.2, 0.25) is 0 Å². The van der Waals surface area contributed by atoms with Crippen molar-refractivity contribution >= 4 is 39.1 Å². The minimum Gasteiger partial charge on any atom is -0.495 e. The maximum absolute atomic E-state index is 13.0. The number of thiazole rings is 1. The topological polar surface area (TPSA) is 85.2 Å². The van der Waals surface area contributed by atoms with Crippen molar-refractivity contribution in [2.75, 3.05) is 12.4 Å². The summed E-state index contributed by atoms with van der Waals surface area (Å²) in [4.78, 5) is 30.5. The number of ether oxygens (including phenoxy) is 1. The molecule has 0 radical (unpaired) electrons. The lowest BCUT2D eigenvalue weighted by molar-refractivity contribution is -0.118. The van der Waals surface area contributed by atoms with Crippen molar-refractivity contribution in [2.45, 2.75) is 19.9 Å². The Labute approximate surface area is 190 Å². The van der Waals surface area contributed by atoms with Gasteiger partial charge in [-0.15, -0.1) is 0 Å². The van der Waals surface area contributed by atoms with E-state index in [-0.39, 0.29) is 17.7 Å². The van der Waals surface area contributed by atoms with Crippen LogP contribution in [0, 0.1) is 5.92 Å². The van der Waals surface area contributed by atoms with Crippen LogP contribution in [0.15, 0.2) is 67.0 Å². The van der Waals surface area contributed by atoms with Gasteiger partial charge in [0.2, 0.25) is 5.91 Å². The number of nitrogens with zero attached hydrogens (tertiary/aromatic N) is 2. The molecule has 2 N–H and O–H groups in total. The molecular weight excluding hydrogens is 424 g/mol. The highest BCUT2D eigenvalue weighted by Crippen LogP contribution is 2.26. The van der Waals surface area contributed by atoms with Crippen molar-refractivity contribution in [1.82, 2.24) is 14.9 Å². The normalized spacial score (nSPS) is 12.0. The average Bonchev–Trinajstić information content (AvgIpc) is 3.46. The molecule has 0 aliphatic rings. The van der Waals surface area contributed by atoms with E-state index in [4.69, 9.17) is 4.74 Å². The Kier molecular flexibility index (Phi) is 6.23. The van der Waals surface area contributed by atoms with Crippen LogP contribution in [0.3, 0.4) is 0 Å². The number of fused-ring (bicyclic) bond motifs is 1. The van der Waals surface area contributed by atoms with Gasteiger partial charge in [0.25, 0.3) is 5.91 Å². The third-order valence-electron chi connectivity index (χ3n) is 5.07. The maximum Gasteiger partial charge on any atom is 0.251 e. The molecule has 0 fully saturated rings. The summed E-state index contributed by atoms with van der Waals surface area (Å²) in [6.45, 7) is 3.78. The second kappa shape index (κ2) is 9.23. The standard InChI is InChI=1S/C24H24N4O3S/c1-15(2)21(23(30)25-17-8-4-5-9-19(17)31-3)27-22(29)16-10-11-18-20(14-16)32-24(26-18)28-12-6-7-13-28/h4-15,21H,1-3H3,(H,25,30)(H,27,29)/t21-/m1/s1. The lowest BCUT2D eigenvalue weighted by Gasteiger charge is -2.22. The van der Waals surface area contributed by atoms with Gasteiger partial charge in [-0.05, 0) is 48.4 Å². The van der Waals surface area contributed by atoms with E-state index in [9.17, 15) is 9.59 Å². The molecule has 0 bridgehead atoms. The molecule has 7 nitrogen and oxygen atoms in total. The van der Waals surface area contributed by atoms with Crippen molar-refractivity contribution < 1.29 is 14.3 Å². The number of nitrogens with one attached hydrogen (secondary N) is 2. The largest absolute Gasteiger partial charge is 0.495 e. The summed E-state index contributed by atoms with van der Waals surface area (Å²) in [6, 6.07) is 15.7. The Morgan fingerprint density at radius 2 is 1.81 bits per heavy atom. The van der Waals surface area contributed by atoms with E-state index in [0.29, 0.717) is 17.0 Å². The van der Waals surface area contributed by atoms with E-state index >= 15 is 0 Å². The number of anilines is 1. The molecule has 0 saturated heterocycles. The molecule has 2 heterocycles. The van der Waals surface area contributed by atoms with Crippen LogP contribution in [0.25, 0.3) is 15.3 Å². The highest BCUT2D eigenvalue weighted by atomic mass is 32.1. The van der Waals surface area contributed by atoms with Crippen LogP contribution in [0.4, 0.5) is 5.69 Å². The van der Waals surface area contributed by atoms with Crippen molar-refractivity contribution in [2.24, 2.45) is 5.92 Å². The van der Waals surface area contributed by atoms with Gasteiger partial charge < -0.3 is 19.9 Å². The number of para-hydroxylation sites is 2. The molecule has 32 heavy (non-hydrogen) atoms. The van der Waals surface area contributed by atoms with Gasteiger partial charge in [-0.1, -0.05) is 37.3 Å². The predicted molar refractivity (Wildman–Crippen MR) is 127 cm³/mol. The number of carbonyl (C=O) groups excluding carboxylic acids is 2. The summed E-state index contributed by atoms with van der Waals surface area (Å²) in [5.74, 6) is -0.159. The quantitative estimate of drug-likeness (QED) is 0.436. The zero-order valence-electron chi connectivity index (χ0n) is 18.0. The molecule has 0 unspecified atom stereocenters. The third kappa shape index (κ3) is 4.50. The number of amides is 2. The predicted octanol–water partition coefficient (Wildman–Crippen LogP) is 4.49. The molecule has 0 aliphatic heterocycles. The van der Waals surface area contributed by atoms with Gasteiger partial charge in [0.05, 0.1) is 23.0 Å². The first-order valence-electron chi connectivity index (χ1n) is 10.2. The van der Waals surface area contributed by atoms with Crippen molar-refractivity contribution in [3.8, 4) is 10.9 Å². The van der Waals surface area contributed by atoms with E-state index < -0.39 is 6.04 Å². The summed E-state index contributed by atoms with van der Waals surface area (Å²) < 4.78 is 8.13. The zero-order valence-corrected chi connectivity index (χ0v) is 18.8. The molecule has 8 heteroatoms. The summed E-state index contributed by atoms with van der Waals surface area (Å²) in [5, 5.41) is 6.57. The minimum absolute atomic E-state index is 0.110. The van der Waals surface area contributed by atoms with Crippen LogP contribution >= 0.6 is 11.3 Å². The van der Waals surface area contributed by atoms with Gasteiger partial charge in [-0.3, -0.25) is 9.59 Å². The number of hydrogen-bond acceptors (Lipinski definition) is 5. The minimum atomic E-state index is -0.708. The Morgan fingerprint density at radius 1 is 1.06 bits per heavy atom. The fourth-order valence-corrected chi connectivity index (χ4v) is 4.32. The van der Waals surface area contributed by atoms with Gasteiger partial charge in [-0.25, -0.2) is 4.98 Å². The molecule has 164 valence electrons. The van der Waals surface area contributed by atoms with E-state index in [1.165, 1.54) is 11.3 Å². The number of aromatic nitrogens is 2. The summed E-state index contributed by atoms with van der Waals surface area (Å²) in [5.41, 5.74) is 1.86. The second-order valence-corrected chi connectivity index (χ2v) is 8.66. The van der Waals surface area contributed by atoms with Gasteiger partial charge in [0.1, 0.15) is 11.8 Å². The first-order valence-corrected chi connectivity index (χ1v) is 11.1. The maximum atomic E-state index is 13.0. The molecule has 4 aromatic rings. The lowest BCUT2D eigenvalue weighted by atomic mass is 10.0. The first kappa shape index (κ1) is 21.6. The molecule has 2 aromatic carbocycles. The van der Waals surface area contributed by atoms with Crippen LogP contribution in [-0.2, 0) is 4.79 Å². The SMILES string of the molecule is COc1ccccc1NC(=O)[C@H](NC(=O)c1ccc2nc(-n3cccc3)sc2c1)C(C)C. The van der Waals surface area contributed by atoms with E-state index in [1.807, 2.05) is 67.2 Å². The van der Waals surface area contributed by atoms with Crippen molar-refractivity contribution in [1.29, 1.82) is 0 Å². The van der Waals surface area contributed by atoms with Crippen LogP contribution in [0.1, 0.15) is 24.2 Å². The molecule has 0 aliphatic carbocycles. The number of hydrogen-bond donors (Lipinski definition) is 2. The highest BCUT2D eigenvalue weighted by molar-refractivity contribution is 7.20. The van der Waals surface area contributed by atoms with E-state index in [0.717, 1.165) is 15.3 Å². The number of benzene rings is 2. The van der Waals surface area contributed by atoms with Crippen LogP contribution < -0.4 is 15.4 Å². The van der Waals surface area contributed by atoms with Crippen LogP contribution in [0.5, 0.6) is 5.75 Å². The Balaban J connectivity index is 1.52. The van der Waals surface area contributed by atoms with E-state index in [2.05, 4.69) is 15.6 Å². The molecular formula is C24H24N4O3S. The molecule has 2 aromatic heterocycles. The number of rotatable bonds is 7. The molecule has 4 rings (SSSR count). The Morgan fingerprint density at radius 3 is 2.53 bits per heavy atom. The third-order valence-corrected chi connectivity index (χ3v) is 6.10. The summed E-state index contributed by atoms with van der Waals surface area (Å²) >= 11 is 1.50. The summed E-state index contributed by atoms with van der Waals surface area (Å²) in [7, 11) is 1.55. The number of carbonyl (C=O) groups is 2. The van der Waals surface area contributed by atoms with Gasteiger partial charge in [-0.2, -0.15) is 0 Å².